The van der Waals surface area contributed by atoms with Crippen LogP contribution >= 0.6 is 0 Å². The summed E-state index contributed by atoms with van der Waals surface area (Å²) in [6.07, 6.45) is 6.29. The number of halogens is 3. The van der Waals surface area contributed by atoms with E-state index < -0.39 is 24.0 Å². The van der Waals surface area contributed by atoms with Gasteiger partial charge >= 0.3 is 6.18 Å². The second-order valence-corrected chi connectivity index (χ2v) is 12.0. The van der Waals surface area contributed by atoms with Crippen molar-refractivity contribution in [1.29, 1.82) is 0 Å². The highest BCUT2D eigenvalue weighted by Crippen LogP contribution is 2.66. The highest BCUT2D eigenvalue weighted by molar-refractivity contribution is 5.63. The lowest BCUT2D eigenvalue weighted by Gasteiger charge is -2.57. The van der Waals surface area contributed by atoms with Gasteiger partial charge in [0, 0.05) is 27.6 Å². The van der Waals surface area contributed by atoms with Crippen LogP contribution in [0.4, 0.5) is 13.2 Å². The van der Waals surface area contributed by atoms with Crippen LogP contribution in [-0.2, 0) is 14.3 Å². The average molecular weight is 521 g/mol. The topological polar surface area (TPSA) is 83.8 Å². The third-order valence-electron chi connectivity index (χ3n) is 9.95. The third kappa shape index (κ3) is 7.61. The Morgan fingerprint density at radius 3 is 2.08 bits per heavy atom. The molecular weight excluding hydrogens is 473 g/mol. The van der Waals surface area contributed by atoms with Crippen LogP contribution in [-0.4, -0.2) is 42.0 Å². The minimum absolute atomic E-state index is 0.337. The molecule has 0 aliphatic heterocycles. The van der Waals surface area contributed by atoms with Crippen molar-refractivity contribution in [3.63, 3.8) is 0 Å². The first-order valence-electron chi connectivity index (χ1n) is 13.7. The van der Waals surface area contributed by atoms with Gasteiger partial charge in [-0.15, -0.1) is 0 Å². The summed E-state index contributed by atoms with van der Waals surface area (Å²) in [5.41, 5.74) is 0.449. The molecule has 0 spiro atoms. The first-order chi connectivity index (χ1) is 16.7. The molecule has 0 radical (unpaired) electrons. The first-order valence-corrected chi connectivity index (χ1v) is 13.7. The fourth-order valence-corrected chi connectivity index (χ4v) is 8.63. The standard InChI is InChI=1S/C24H39F3O.2C2H4O2/c1-15(11-13-28-3)21-8-9-22-20-6-4-16-14-17(24(25,26)27)5-7-18(16)19(20)10-12-23(21,22)2;2*1-2(3)4/h15-22H,4-14H2,1-3H3;2*1H3,(H,3,4)/t15-,16?,17?,18?,19?,20?,21?,22?,23?;;/m1../s1. The third-order valence-corrected chi connectivity index (χ3v) is 9.95. The summed E-state index contributed by atoms with van der Waals surface area (Å²) in [5.74, 6) is 2.02. The van der Waals surface area contributed by atoms with Gasteiger partial charge in [0.05, 0.1) is 5.92 Å². The average Bonchev–Trinajstić information content (AvgIpc) is 3.13. The molecular formula is C28H47F3O5. The SMILES string of the molecule is CC(=O)O.CC(=O)O.COCC[C@@H](C)C1CCC2C3CCC4CC(C(F)(F)F)CCC4C3CCC21C. The molecule has 4 saturated carbocycles. The summed E-state index contributed by atoms with van der Waals surface area (Å²) in [6.45, 7) is 7.99. The van der Waals surface area contributed by atoms with E-state index in [4.69, 9.17) is 24.5 Å². The van der Waals surface area contributed by atoms with Gasteiger partial charge in [0.15, 0.2) is 0 Å². The zero-order valence-corrected chi connectivity index (χ0v) is 22.7. The minimum atomic E-state index is -3.98. The van der Waals surface area contributed by atoms with E-state index in [0.29, 0.717) is 41.9 Å². The van der Waals surface area contributed by atoms with Crippen molar-refractivity contribution in [2.75, 3.05) is 13.7 Å². The number of hydrogen-bond acceptors (Lipinski definition) is 3. The first kappa shape index (κ1) is 30.9. The summed E-state index contributed by atoms with van der Waals surface area (Å²) in [7, 11) is 1.79. The maximum absolute atomic E-state index is 13.3. The number of carboxylic acids is 2. The predicted molar refractivity (Wildman–Crippen MR) is 132 cm³/mol. The Kier molecular flexibility index (Phi) is 11.1. The molecule has 4 aliphatic rings. The summed E-state index contributed by atoms with van der Waals surface area (Å²) < 4.78 is 45.1. The van der Waals surface area contributed by atoms with Crippen molar-refractivity contribution >= 4 is 11.9 Å². The molecule has 0 amide bonds. The molecule has 0 aromatic rings. The van der Waals surface area contributed by atoms with Crippen molar-refractivity contribution in [3.05, 3.63) is 0 Å². The highest BCUT2D eigenvalue weighted by atomic mass is 19.4. The highest BCUT2D eigenvalue weighted by Gasteiger charge is 2.58. The Labute approximate surface area is 214 Å². The number of fused-ring (bicyclic) bond motifs is 5. The molecule has 0 aromatic heterocycles. The van der Waals surface area contributed by atoms with E-state index in [2.05, 4.69) is 13.8 Å². The van der Waals surface area contributed by atoms with E-state index in [0.717, 1.165) is 57.5 Å². The van der Waals surface area contributed by atoms with Gasteiger partial charge in [0.1, 0.15) is 0 Å². The molecule has 4 rings (SSSR count). The van der Waals surface area contributed by atoms with Crippen molar-refractivity contribution in [3.8, 4) is 0 Å². The second-order valence-electron chi connectivity index (χ2n) is 12.0. The van der Waals surface area contributed by atoms with Gasteiger partial charge < -0.3 is 14.9 Å². The summed E-state index contributed by atoms with van der Waals surface area (Å²) in [4.78, 5) is 18.0. The van der Waals surface area contributed by atoms with Gasteiger partial charge in [0.2, 0.25) is 0 Å². The van der Waals surface area contributed by atoms with Gasteiger partial charge in [0.25, 0.3) is 11.9 Å². The van der Waals surface area contributed by atoms with Crippen LogP contribution in [0.3, 0.4) is 0 Å². The molecule has 5 nitrogen and oxygen atoms in total. The van der Waals surface area contributed by atoms with Crippen LogP contribution in [0.2, 0.25) is 0 Å². The Morgan fingerprint density at radius 1 is 0.944 bits per heavy atom. The van der Waals surface area contributed by atoms with Crippen molar-refractivity contribution in [2.24, 2.45) is 52.8 Å². The van der Waals surface area contributed by atoms with Crippen molar-refractivity contribution < 1.29 is 37.7 Å². The van der Waals surface area contributed by atoms with Crippen LogP contribution in [0.5, 0.6) is 0 Å². The molecule has 210 valence electrons. The van der Waals surface area contributed by atoms with Crippen LogP contribution in [0.25, 0.3) is 0 Å². The van der Waals surface area contributed by atoms with Gasteiger partial charge in [-0.1, -0.05) is 13.8 Å². The monoisotopic (exact) mass is 520 g/mol. The molecule has 2 N–H and O–H groups in total. The van der Waals surface area contributed by atoms with E-state index >= 15 is 0 Å². The van der Waals surface area contributed by atoms with E-state index in [1.54, 1.807) is 7.11 Å². The lowest BCUT2D eigenvalue weighted by molar-refractivity contribution is -0.196. The molecule has 4 aliphatic carbocycles. The number of carboxylic acid groups (broad SMARTS) is 2. The van der Waals surface area contributed by atoms with Crippen LogP contribution in [0.15, 0.2) is 0 Å². The van der Waals surface area contributed by atoms with E-state index in [9.17, 15) is 13.2 Å². The van der Waals surface area contributed by atoms with Gasteiger partial charge in [-0.05, 0) is 111 Å². The maximum Gasteiger partial charge on any atom is 0.391 e. The number of hydrogen-bond donors (Lipinski definition) is 2. The summed E-state index contributed by atoms with van der Waals surface area (Å²) in [5, 5.41) is 14.8. The smallest absolute Gasteiger partial charge is 0.391 e. The lowest BCUT2D eigenvalue weighted by atomic mass is 9.48. The normalized spacial score (nSPS) is 38.1. The number of rotatable bonds is 4. The van der Waals surface area contributed by atoms with Gasteiger partial charge in [-0.25, -0.2) is 0 Å². The Hall–Kier alpha value is -1.31. The second kappa shape index (κ2) is 13.0. The molecule has 4 fully saturated rings. The Balaban J connectivity index is 0.000000501. The van der Waals surface area contributed by atoms with Crippen LogP contribution in [0, 0.1) is 52.8 Å². The van der Waals surface area contributed by atoms with Gasteiger partial charge in [-0.2, -0.15) is 13.2 Å². The quantitative estimate of drug-likeness (QED) is 0.407. The van der Waals surface area contributed by atoms with E-state index in [1.807, 2.05) is 0 Å². The molecule has 36 heavy (non-hydrogen) atoms. The van der Waals surface area contributed by atoms with E-state index in [1.165, 1.54) is 32.1 Å². The minimum Gasteiger partial charge on any atom is -0.481 e. The maximum atomic E-state index is 13.3. The van der Waals surface area contributed by atoms with Gasteiger partial charge in [-0.3, -0.25) is 9.59 Å². The molecule has 0 bridgehead atoms. The largest absolute Gasteiger partial charge is 0.481 e. The van der Waals surface area contributed by atoms with Crippen molar-refractivity contribution in [1.82, 2.24) is 0 Å². The zero-order chi connectivity index (χ0) is 27.3. The molecule has 9 atom stereocenters. The molecule has 0 saturated heterocycles. The fourth-order valence-electron chi connectivity index (χ4n) is 8.63. The number of carbonyl (C=O) groups is 2. The van der Waals surface area contributed by atoms with Crippen molar-refractivity contribution in [2.45, 2.75) is 98.1 Å². The molecule has 8 heteroatoms. The van der Waals surface area contributed by atoms with Crippen LogP contribution in [0.1, 0.15) is 91.9 Å². The van der Waals surface area contributed by atoms with Crippen LogP contribution < -0.4 is 0 Å². The molecule has 8 unspecified atom stereocenters. The predicted octanol–water partition coefficient (Wildman–Crippen LogP) is 7.29. The Morgan fingerprint density at radius 2 is 1.53 bits per heavy atom. The number of ether oxygens (including phenoxy) is 1. The number of aliphatic carboxylic acids is 2. The molecule has 0 heterocycles. The lowest BCUT2D eigenvalue weighted by Crippen LogP contribution is -2.49. The zero-order valence-electron chi connectivity index (χ0n) is 22.7. The Bertz CT molecular complexity index is 706. The van der Waals surface area contributed by atoms with E-state index in [-0.39, 0.29) is 0 Å². The fraction of sp³-hybridized carbons (Fsp3) is 0.929. The summed E-state index contributed by atoms with van der Waals surface area (Å²) >= 11 is 0. The summed E-state index contributed by atoms with van der Waals surface area (Å²) in [6, 6.07) is 0. The molecule has 0 aromatic carbocycles. The number of methoxy groups -OCH3 is 1. The number of alkyl halides is 3.